The lowest BCUT2D eigenvalue weighted by Gasteiger charge is -2.20. The van der Waals surface area contributed by atoms with E-state index in [1.54, 1.807) is 39.8 Å². The number of hydrogen-bond donors (Lipinski definition) is 0. The molecule has 8 nitrogen and oxygen atoms in total. The van der Waals surface area contributed by atoms with Gasteiger partial charge >= 0.3 is 12.3 Å². The summed E-state index contributed by atoms with van der Waals surface area (Å²) in [4.78, 5) is 24.2. The number of ether oxygens (including phenoxy) is 6. The van der Waals surface area contributed by atoms with E-state index >= 15 is 0 Å². The highest BCUT2D eigenvalue weighted by molar-refractivity contribution is 6.31. The maximum atomic E-state index is 12.1. The molecule has 29 heavy (non-hydrogen) atoms. The van der Waals surface area contributed by atoms with Crippen LogP contribution in [-0.4, -0.2) is 38.7 Å². The van der Waals surface area contributed by atoms with Crippen molar-refractivity contribution in [1.82, 2.24) is 0 Å². The van der Waals surface area contributed by atoms with Crippen molar-refractivity contribution in [1.29, 1.82) is 0 Å². The van der Waals surface area contributed by atoms with Crippen LogP contribution < -0.4 is 18.9 Å². The maximum absolute atomic E-state index is 12.1. The number of carbonyl (C=O) groups excluding carboxylic acids is 2. The van der Waals surface area contributed by atoms with Crippen LogP contribution in [-0.2, 0) is 9.47 Å². The van der Waals surface area contributed by atoms with E-state index < -0.39 is 18.4 Å². The third-order valence-electron chi connectivity index (χ3n) is 3.53. The lowest BCUT2D eigenvalue weighted by molar-refractivity contribution is 0.0698. The van der Waals surface area contributed by atoms with Gasteiger partial charge in [-0.25, -0.2) is 9.59 Å². The van der Waals surface area contributed by atoms with Gasteiger partial charge in [-0.2, -0.15) is 0 Å². The van der Waals surface area contributed by atoms with E-state index in [0.717, 1.165) is 0 Å². The molecule has 0 spiro atoms. The van der Waals surface area contributed by atoms with Gasteiger partial charge in [-0.15, -0.1) is 0 Å². The molecule has 0 aliphatic rings. The molecule has 0 bridgehead atoms. The molecule has 0 heterocycles. The molecule has 0 amide bonds. The third-order valence-corrected chi connectivity index (χ3v) is 3.77. The first-order valence-corrected chi connectivity index (χ1v) is 9.19. The average Bonchev–Trinajstić information content (AvgIpc) is 2.61. The van der Waals surface area contributed by atoms with Crippen molar-refractivity contribution >= 4 is 34.7 Å². The Morgan fingerprint density at radius 1 is 0.759 bits per heavy atom. The second-order valence-corrected chi connectivity index (χ2v) is 6.89. The molecular weight excluding hydrogens is 404 g/mol. The molecule has 0 aliphatic heterocycles. The molecule has 2 aromatic carbocycles. The molecule has 9 heteroatoms. The first kappa shape index (κ1) is 22.4. The lowest BCUT2D eigenvalue weighted by atomic mass is 10.1. The summed E-state index contributed by atoms with van der Waals surface area (Å²) in [6, 6.07) is 4.72. The summed E-state index contributed by atoms with van der Waals surface area (Å²) in [5.41, 5.74) is 0. The second kappa shape index (κ2) is 9.56. The molecule has 0 N–H and O–H groups in total. The Bertz CT molecular complexity index is 907. The van der Waals surface area contributed by atoms with Gasteiger partial charge in [-0.05, 0) is 45.9 Å². The number of methoxy groups -OCH3 is 2. The SMILES string of the molecule is COc1c(OC)c(OC(=O)OC(C)C)c2cc(Cl)ccc2c1OC(=O)OC(C)C. The zero-order valence-corrected chi connectivity index (χ0v) is 17.8. The van der Waals surface area contributed by atoms with Crippen LogP contribution in [0.15, 0.2) is 18.2 Å². The molecule has 0 saturated heterocycles. The highest BCUT2D eigenvalue weighted by atomic mass is 35.5. The van der Waals surface area contributed by atoms with Crippen LogP contribution in [0.2, 0.25) is 5.02 Å². The van der Waals surface area contributed by atoms with E-state index in [1.807, 2.05) is 0 Å². The largest absolute Gasteiger partial charge is 0.514 e. The Kier molecular flexibility index (Phi) is 7.39. The fraction of sp³-hybridized carbons (Fsp3) is 0.400. The topological polar surface area (TPSA) is 89.5 Å². The summed E-state index contributed by atoms with van der Waals surface area (Å²) in [7, 11) is 2.71. The summed E-state index contributed by atoms with van der Waals surface area (Å²) in [5.74, 6) is 0.106. The number of carbonyl (C=O) groups is 2. The summed E-state index contributed by atoms with van der Waals surface area (Å²) < 4.78 is 31.7. The fourth-order valence-electron chi connectivity index (χ4n) is 2.53. The number of hydrogen-bond acceptors (Lipinski definition) is 8. The fourth-order valence-corrected chi connectivity index (χ4v) is 2.70. The van der Waals surface area contributed by atoms with Crippen LogP contribution in [0.4, 0.5) is 9.59 Å². The van der Waals surface area contributed by atoms with E-state index in [0.29, 0.717) is 15.8 Å². The number of fused-ring (bicyclic) bond motifs is 1. The van der Waals surface area contributed by atoms with Crippen LogP contribution in [0.5, 0.6) is 23.0 Å². The summed E-state index contributed by atoms with van der Waals surface area (Å²) in [6.07, 6.45) is -2.64. The Labute approximate surface area is 173 Å². The van der Waals surface area contributed by atoms with Gasteiger partial charge in [0.2, 0.25) is 11.5 Å². The number of rotatable bonds is 6. The first-order chi connectivity index (χ1) is 13.7. The van der Waals surface area contributed by atoms with Crippen molar-refractivity contribution < 1.29 is 38.0 Å². The number of benzene rings is 2. The predicted octanol–water partition coefficient (Wildman–Crippen LogP) is 5.36. The molecule has 0 saturated carbocycles. The van der Waals surface area contributed by atoms with Crippen molar-refractivity contribution in [2.45, 2.75) is 39.9 Å². The molecule has 0 aliphatic carbocycles. The van der Waals surface area contributed by atoms with E-state index in [-0.39, 0.29) is 29.1 Å². The monoisotopic (exact) mass is 426 g/mol. The van der Waals surface area contributed by atoms with Gasteiger partial charge in [-0.1, -0.05) is 11.6 Å². The Hall–Kier alpha value is -2.87. The molecule has 0 fully saturated rings. The predicted molar refractivity (Wildman–Crippen MR) is 107 cm³/mol. The Morgan fingerprint density at radius 2 is 1.21 bits per heavy atom. The molecule has 0 aromatic heterocycles. The maximum Gasteiger partial charge on any atom is 0.514 e. The molecule has 0 unspecified atom stereocenters. The highest BCUT2D eigenvalue weighted by Crippen LogP contribution is 2.51. The van der Waals surface area contributed by atoms with Crippen LogP contribution in [0.1, 0.15) is 27.7 Å². The van der Waals surface area contributed by atoms with Crippen molar-refractivity contribution in [3.05, 3.63) is 23.2 Å². The van der Waals surface area contributed by atoms with Crippen molar-refractivity contribution in [2.24, 2.45) is 0 Å². The zero-order valence-electron chi connectivity index (χ0n) is 17.0. The highest BCUT2D eigenvalue weighted by Gasteiger charge is 2.28. The molecular formula is C20H23ClO8. The lowest BCUT2D eigenvalue weighted by Crippen LogP contribution is -2.18. The second-order valence-electron chi connectivity index (χ2n) is 6.45. The normalized spacial score (nSPS) is 10.8. The zero-order chi connectivity index (χ0) is 21.7. The minimum Gasteiger partial charge on any atom is -0.490 e. The number of halogens is 1. The molecule has 0 radical (unpaired) electrons. The molecule has 158 valence electrons. The standard InChI is InChI=1S/C20H23ClO8/c1-10(2)26-19(22)28-15-13-8-7-12(21)9-14(13)16(18(25-6)17(15)24-5)29-20(23)27-11(3)4/h7-11H,1-6H3. The van der Waals surface area contributed by atoms with Crippen molar-refractivity contribution in [3.8, 4) is 23.0 Å². The van der Waals surface area contributed by atoms with Crippen LogP contribution in [0, 0.1) is 0 Å². The minimum atomic E-state index is -0.936. The quantitative estimate of drug-likeness (QED) is 0.450. The summed E-state index contributed by atoms with van der Waals surface area (Å²) in [6.45, 7) is 6.75. The molecule has 2 aromatic rings. The molecule has 0 atom stereocenters. The van der Waals surface area contributed by atoms with Gasteiger partial charge in [0.05, 0.1) is 26.4 Å². The van der Waals surface area contributed by atoms with Crippen molar-refractivity contribution in [3.63, 3.8) is 0 Å². The van der Waals surface area contributed by atoms with Gasteiger partial charge in [0.1, 0.15) is 0 Å². The van der Waals surface area contributed by atoms with Crippen molar-refractivity contribution in [2.75, 3.05) is 14.2 Å². The minimum absolute atomic E-state index is 0.0112. The van der Waals surface area contributed by atoms with Crippen LogP contribution >= 0.6 is 11.6 Å². The van der Waals surface area contributed by atoms with Crippen LogP contribution in [0.3, 0.4) is 0 Å². The van der Waals surface area contributed by atoms with E-state index in [4.69, 9.17) is 40.0 Å². The summed E-state index contributed by atoms with van der Waals surface area (Å²) >= 11 is 6.13. The van der Waals surface area contributed by atoms with Gasteiger partial charge in [0.15, 0.2) is 11.5 Å². The van der Waals surface area contributed by atoms with Crippen LogP contribution in [0.25, 0.3) is 10.8 Å². The van der Waals surface area contributed by atoms with E-state index in [2.05, 4.69) is 0 Å². The summed E-state index contributed by atoms with van der Waals surface area (Å²) in [5, 5.41) is 1.10. The first-order valence-electron chi connectivity index (χ1n) is 8.82. The average molecular weight is 427 g/mol. The molecule has 2 rings (SSSR count). The van der Waals surface area contributed by atoms with Gasteiger partial charge in [0.25, 0.3) is 0 Å². The van der Waals surface area contributed by atoms with Gasteiger partial charge < -0.3 is 28.4 Å². The van der Waals surface area contributed by atoms with E-state index in [1.165, 1.54) is 20.3 Å². The Balaban J connectivity index is 2.70. The van der Waals surface area contributed by atoms with Gasteiger partial charge in [0, 0.05) is 15.8 Å². The van der Waals surface area contributed by atoms with E-state index in [9.17, 15) is 9.59 Å². The smallest absolute Gasteiger partial charge is 0.490 e. The Morgan fingerprint density at radius 3 is 1.62 bits per heavy atom. The van der Waals surface area contributed by atoms with Gasteiger partial charge in [-0.3, -0.25) is 0 Å². The third kappa shape index (κ3) is 5.35.